The summed E-state index contributed by atoms with van der Waals surface area (Å²) in [5.74, 6) is 2.90. The summed E-state index contributed by atoms with van der Waals surface area (Å²) in [6, 6.07) is 8.44. The van der Waals surface area contributed by atoms with Gasteiger partial charge in [0.2, 0.25) is 0 Å². The van der Waals surface area contributed by atoms with Gasteiger partial charge in [0.05, 0.1) is 0 Å². The van der Waals surface area contributed by atoms with Gasteiger partial charge in [-0.15, -0.1) is 0 Å². The van der Waals surface area contributed by atoms with Gasteiger partial charge < -0.3 is 9.64 Å². The average Bonchev–Trinajstić information content (AvgIpc) is 2.58. The van der Waals surface area contributed by atoms with Crippen LogP contribution in [0.5, 0.6) is 5.75 Å². The Morgan fingerprint density at radius 3 is 2.44 bits per heavy atom. The number of hydrogen-bond acceptors (Lipinski definition) is 5. The van der Waals surface area contributed by atoms with Gasteiger partial charge in [-0.05, 0) is 44.9 Å². The van der Waals surface area contributed by atoms with Crippen molar-refractivity contribution < 1.29 is 4.74 Å². The van der Waals surface area contributed by atoms with E-state index in [2.05, 4.69) is 57.9 Å². The van der Waals surface area contributed by atoms with E-state index in [0.29, 0.717) is 0 Å². The fraction of sp³-hybridized carbons (Fsp3) is 0.500. The number of piperazine rings is 1. The predicted octanol–water partition coefficient (Wildman–Crippen LogP) is 2.91. The van der Waals surface area contributed by atoms with E-state index in [1.165, 1.54) is 11.1 Å². The van der Waals surface area contributed by atoms with Crippen LogP contribution >= 0.6 is 0 Å². The molecule has 1 aliphatic heterocycles. The lowest BCUT2D eigenvalue weighted by atomic mass is 10.1. The molecule has 25 heavy (non-hydrogen) atoms. The average molecular weight is 340 g/mol. The predicted molar refractivity (Wildman–Crippen MR) is 102 cm³/mol. The fourth-order valence-corrected chi connectivity index (χ4v) is 3.21. The molecule has 2 aromatic rings. The first-order chi connectivity index (χ1) is 12.0. The fourth-order valence-electron chi connectivity index (χ4n) is 3.21. The molecule has 0 radical (unpaired) electrons. The van der Waals surface area contributed by atoms with Crippen LogP contribution in [-0.2, 0) is 0 Å². The third-order valence-corrected chi connectivity index (χ3v) is 4.66. The summed E-state index contributed by atoms with van der Waals surface area (Å²) < 4.78 is 5.99. The van der Waals surface area contributed by atoms with Gasteiger partial charge >= 0.3 is 0 Å². The van der Waals surface area contributed by atoms with Gasteiger partial charge in [-0.1, -0.05) is 12.1 Å². The smallest absolute Gasteiger partial charge is 0.132 e. The number of aryl methyl sites for hydroxylation is 4. The third-order valence-electron chi connectivity index (χ3n) is 4.66. The molecule has 3 rings (SSSR count). The largest absolute Gasteiger partial charge is 0.492 e. The van der Waals surface area contributed by atoms with Crippen LogP contribution in [0, 0.1) is 27.7 Å². The molecule has 0 bridgehead atoms. The molecule has 0 N–H and O–H groups in total. The van der Waals surface area contributed by atoms with Gasteiger partial charge in [0.25, 0.3) is 0 Å². The molecule has 0 saturated carbocycles. The quantitative estimate of drug-likeness (QED) is 0.837. The van der Waals surface area contributed by atoms with E-state index in [-0.39, 0.29) is 0 Å². The zero-order valence-corrected chi connectivity index (χ0v) is 15.7. The monoisotopic (exact) mass is 340 g/mol. The lowest BCUT2D eigenvalue weighted by molar-refractivity contribution is 0.199. The van der Waals surface area contributed by atoms with Crippen LogP contribution in [0.3, 0.4) is 0 Å². The second kappa shape index (κ2) is 7.83. The number of anilines is 1. The van der Waals surface area contributed by atoms with Crippen molar-refractivity contribution in [1.29, 1.82) is 0 Å². The molecule has 1 saturated heterocycles. The van der Waals surface area contributed by atoms with Gasteiger partial charge in [-0.3, -0.25) is 4.90 Å². The van der Waals surface area contributed by atoms with E-state index in [0.717, 1.165) is 62.4 Å². The molecule has 0 unspecified atom stereocenters. The van der Waals surface area contributed by atoms with Gasteiger partial charge in [-0.2, -0.15) is 0 Å². The molecule has 5 heteroatoms. The number of hydrogen-bond donors (Lipinski definition) is 0. The molecular formula is C20H28N4O. The Balaban J connectivity index is 1.47. The highest BCUT2D eigenvalue weighted by atomic mass is 16.5. The Morgan fingerprint density at radius 1 is 0.960 bits per heavy atom. The Hall–Kier alpha value is -2.14. The van der Waals surface area contributed by atoms with Crippen molar-refractivity contribution in [3.63, 3.8) is 0 Å². The molecule has 134 valence electrons. The molecule has 0 aliphatic carbocycles. The Morgan fingerprint density at radius 2 is 1.72 bits per heavy atom. The van der Waals surface area contributed by atoms with E-state index >= 15 is 0 Å². The van der Waals surface area contributed by atoms with E-state index in [1.54, 1.807) is 0 Å². The maximum absolute atomic E-state index is 5.99. The Bertz CT molecular complexity index is 703. The van der Waals surface area contributed by atoms with E-state index < -0.39 is 0 Å². The van der Waals surface area contributed by atoms with Crippen LogP contribution in [0.1, 0.15) is 22.6 Å². The van der Waals surface area contributed by atoms with Crippen LogP contribution in [-0.4, -0.2) is 54.2 Å². The minimum absolute atomic E-state index is 0.732. The topological polar surface area (TPSA) is 41.5 Å². The van der Waals surface area contributed by atoms with Crippen LogP contribution in [0.25, 0.3) is 0 Å². The van der Waals surface area contributed by atoms with Gasteiger partial charge in [0.15, 0.2) is 0 Å². The third kappa shape index (κ3) is 4.69. The molecular weight excluding hydrogens is 312 g/mol. The lowest BCUT2D eigenvalue weighted by Crippen LogP contribution is -2.47. The molecule has 1 aliphatic rings. The first-order valence-electron chi connectivity index (χ1n) is 9.01. The van der Waals surface area contributed by atoms with Crippen molar-refractivity contribution in [3.8, 4) is 5.75 Å². The maximum Gasteiger partial charge on any atom is 0.132 e. The molecule has 0 atom stereocenters. The van der Waals surface area contributed by atoms with Gasteiger partial charge in [-0.25, -0.2) is 9.97 Å². The summed E-state index contributed by atoms with van der Waals surface area (Å²) in [4.78, 5) is 13.7. The standard InChI is InChI=1S/C20H28N4O/c1-15-5-6-16(2)19(13-15)25-12-11-23-7-9-24(10-8-23)20-14-17(3)21-18(4)22-20/h5-6,13-14H,7-12H2,1-4H3. The second-order valence-electron chi connectivity index (χ2n) is 6.86. The van der Waals surface area contributed by atoms with Crippen molar-refractivity contribution >= 4 is 5.82 Å². The molecule has 2 heterocycles. The number of aromatic nitrogens is 2. The SMILES string of the molecule is Cc1ccc(C)c(OCCN2CCN(c3cc(C)nc(C)n3)CC2)c1. The molecule has 1 fully saturated rings. The number of rotatable bonds is 5. The van der Waals surface area contributed by atoms with Crippen molar-refractivity contribution in [3.05, 3.63) is 46.9 Å². The van der Waals surface area contributed by atoms with E-state index in [4.69, 9.17) is 4.74 Å². The summed E-state index contributed by atoms with van der Waals surface area (Å²) >= 11 is 0. The summed E-state index contributed by atoms with van der Waals surface area (Å²) in [5, 5.41) is 0. The van der Waals surface area contributed by atoms with Crippen LogP contribution in [0.4, 0.5) is 5.82 Å². The molecule has 5 nitrogen and oxygen atoms in total. The minimum atomic E-state index is 0.732. The first kappa shape index (κ1) is 17.7. The molecule has 1 aromatic carbocycles. The van der Waals surface area contributed by atoms with Gasteiger partial charge in [0, 0.05) is 44.5 Å². The minimum Gasteiger partial charge on any atom is -0.492 e. The highest BCUT2D eigenvalue weighted by Gasteiger charge is 2.18. The second-order valence-corrected chi connectivity index (χ2v) is 6.86. The molecule has 1 aromatic heterocycles. The highest BCUT2D eigenvalue weighted by Crippen LogP contribution is 2.19. The summed E-state index contributed by atoms with van der Waals surface area (Å²) in [6.07, 6.45) is 0. The summed E-state index contributed by atoms with van der Waals surface area (Å²) in [6.45, 7) is 14.0. The molecule has 0 amide bonds. The van der Waals surface area contributed by atoms with Crippen molar-refractivity contribution in [2.45, 2.75) is 27.7 Å². The zero-order valence-electron chi connectivity index (χ0n) is 15.7. The number of benzene rings is 1. The lowest BCUT2D eigenvalue weighted by Gasteiger charge is -2.35. The van der Waals surface area contributed by atoms with Crippen molar-refractivity contribution in [1.82, 2.24) is 14.9 Å². The summed E-state index contributed by atoms with van der Waals surface area (Å²) in [5.41, 5.74) is 3.47. The van der Waals surface area contributed by atoms with Crippen molar-refractivity contribution in [2.24, 2.45) is 0 Å². The zero-order chi connectivity index (χ0) is 17.8. The van der Waals surface area contributed by atoms with Gasteiger partial charge in [0.1, 0.15) is 24.0 Å². The van der Waals surface area contributed by atoms with Crippen LogP contribution < -0.4 is 9.64 Å². The normalized spacial score (nSPS) is 15.4. The Kier molecular flexibility index (Phi) is 5.53. The first-order valence-corrected chi connectivity index (χ1v) is 9.01. The summed E-state index contributed by atoms with van der Waals surface area (Å²) in [7, 11) is 0. The van der Waals surface area contributed by atoms with Crippen LogP contribution in [0.2, 0.25) is 0 Å². The van der Waals surface area contributed by atoms with E-state index in [1.807, 2.05) is 13.8 Å². The Labute approximate surface area is 150 Å². The van der Waals surface area contributed by atoms with Crippen molar-refractivity contribution in [2.75, 3.05) is 44.2 Å². The van der Waals surface area contributed by atoms with E-state index in [9.17, 15) is 0 Å². The molecule has 0 spiro atoms. The highest BCUT2D eigenvalue weighted by molar-refractivity contribution is 5.40. The maximum atomic E-state index is 5.99. The number of nitrogens with zero attached hydrogens (tertiary/aromatic N) is 4. The van der Waals surface area contributed by atoms with Crippen LogP contribution in [0.15, 0.2) is 24.3 Å². The number of ether oxygens (including phenoxy) is 1.